The third kappa shape index (κ3) is 3.35. The van der Waals surface area contributed by atoms with Crippen molar-refractivity contribution in [2.75, 3.05) is 5.32 Å². The van der Waals surface area contributed by atoms with Gasteiger partial charge in [-0.25, -0.2) is 4.98 Å². The van der Waals surface area contributed by atoms with E-state index in [0.717, 1.165) is 54.0 Å². The zero-order valence-corrected chi connectivity index (χ0v) is 16.7. The number of carbonyl (C=O) groups excluding carboxylic acids is 1. The molecule has 1 aromatic carbocycles. The van der Waals surface area contributed by atoms with E-state index < -0.39 is 0 Å². The number of aryl methyl sites for hydroxylation is 4. The summed E-state index contributed by atoms with van der Waals surface area (Å²) in [5.74, 6) is 0.723. The minimum atomic E-state index is -0.145. The average molecular weight is 378 g/mol. The number of carbonyl (C=O) groups is 1. The smallest absolute Gasteiger partial charge is 0.278 e. The van der Waals surface area contributed by atoms with Crippen LogP contribution < -0.4 is 10.9 Å². The summed E-state index contributed by atoms with van der Waals surface area (Å²) in [4.78, 5) is 30.6. The van der Waals surface area contributed by atoms with Crippen molar-refractivity contribution in [3.05, 3.63) is 57.3 Å². The lowest BCUT2D eigenvalue weighted by atomic mass is 10.1. The fourth-order valence-electron chi connectivity index (χ4n) is 3.97. The Hall–Kier alpha value is -2.89. The molecule has 4 rings (SSSR count). The Morgan fingerprint density at radius 3 is 2.79 bits per heavy atom. The van der Waals surface area contributed by atoms with Gasteiger partial charge in [0, 0.05) is 24.3 Å². The van der Waals surface area contributed by atoms with Gasteiger partial charge in [-0.05, 0) is 56.9 Å². The van der Waals surface area contributed by atoms with Crippen molar-refractivity contribution in [2.24, 2.45) is 0 Å². The lowest BCUT2D eigenvalue weighted by molar-refractivity contribution is -0.116. The van der Waals surface area contributed by atoms with Crippen LogP contribution in [0.3, 0.4) is 0 Å². The van der Waals surface area contributed by atoms with E-state index in [1.54, 1.807) is 9.13 Å². The molecular weight excluding hydrogens is 352 g/mol. The summed E-state index contributed by atoms with van der Waals surface area (Å²) in [6.07, 6.45) is 4.01. The Morgan fingerprint density at radius 2 is 1.96 bits per heavy atom. The number of nitrogens with one attached hydrogen (secondary N) is 1. The van der Waals surface area contributed by atoms with Crippen LogP contribution in [-0.2, 0) is 24.3 Å². The van der Waals surface area contributed by atoms with Gasteiger partial charge in [-0.2, -0.15) is 0 Å². The Bertz CT molecular complexity index is 1120. The second-order valence-corrected chi connectivity index (χ2v) is 7.77. The summed E-state index contributed by atoms with van der Waals surface area (Å²) in [6, 6.07) is 7.89. The Kier molecular flexibility index (Phi) is 4.79. The molecular formula is C22H26N4O2. The quantitative estimate of drug-likeness (QED) is 0.758. The number of aromatic nitrogens is 3. The molecule has 0 aliphatic carbocycles. The van der Waals surface area contributed by atoms with Crippen LogP contribution in [0, 0.1) is 20.8 Å². The van der Waals surface area contributed by atoms with Crippen molar-refractivity contribution >= 4 is 22.6 Å². The van der Waals surface area contributed by atoms with Gasteiger partial charge in [-0.1, -0.05) is 18.6 Å². The highest BCUT2D eigenvalue weighted by Crippen LogP contribution is 2.20. The summed E-state index contributed by atoms with van der Waals surface area (Å²) >= 11 is 0. The number of amides is 1. The van der Waals surface area contributed by atoms with Crippen LogP contribution >= 0.6 is 0 Å². The van der Waals surface area contributed by atoms with E-state index in [2.05, 4.69) is 5.32 Å². The predicted molar refractivity (Wildman–Crippen MR) is 111 cm³/mol. The monoisotopic (exact) mass is 378 g/mol. The van der Waals surface area contributed by atoms with Crippen molar-refractivity contribution in [2.45, 2.75) is 59.5 Å². The van der Waals surface area contributed by atoms with E-state index in [-0.39, 0.29) is 18.0 Å². The third-order valence-electron chi connectivity index (χ3n) is 5.54. The van der Waals surface area contributed by atoms with Gasteiger partial charge in [-0.15, -0.1) is 0 Å². The Balaban J connectivity index is 1.69. The van der Waals surface area contributed by atoms with Gasteiger partial charge in [0.2, 0.25) is 5.91 Å². The summed E-state index contributed by atoms with van der Waals surface area (Å²) in [5, 5.41) is 2.98. The molecule has 2 aromatic heterocycles. The zero-order chi connectivity index (χ0) is 19.8. The van der Waals surface area contributed by atoms with Crippen molar-refractivity contribution in [3.8, 4) is 0 Å². The minimum absolute atomic E-state index is 0.0328. The molecule has 1 aliphatic rings. The molecule has 28 heavy (non-hydrogen) atoms. The van der Waals surface area contributed by atoms with Gasteiger partial charge < -0.3 is 9.88 Å². The summed E-state index contributed by atoms with van der Waals surface area (Å²) in [7, 11) is 0. The van der Waals surface area contributed by atoms with Gasteiger partial charge in [-0.3, -0.25) is 14.2 Å². The Labute approximate surface area is 164 Å². The first-order valence-corrected chi connectivity index (χ1v) is 9.90. The van der Waals surface area contributed by atoms with Crippen LogP contribution in [0.5, 0.6) is 0 Å². The zero-order valence-electron chi connectivity index (χ0n) is 16.7. The highest BCUT2D eigenvalue weighted by molar-refractivity contribution is 5.92. The number of hydrogen-bond donors (Lipinski definition) is 1. The van der Waals surface area contributed by atoms with Gasteiger partial charge >= 0.3 is 0 Å². The van der Waals surface area contributed by atoms with Gasteiger partial charge in [0.1, 0.15) is 17.9 Å². The molecule has 0 radical (unpaired) electrons. The van der Waals surface area contributed by atoms with E-state index in [9.17, 15) is 9.59 Å². The first-order chi connectivity index (χ1) is 13.4. The maximum Gasteiger partial charge on any atom is 0.278 e. The van der Waals surface area contributed by atoms with Crippen molar-refractivity contribution < 1.29 is 4.79 Å². The van der Waals surface area contributed by atoms with E-state index in [0.29, 0.717) is 17.6 Å². The molecule has 0 unspecified atom stereocenters. The summed E-state index contributed by atoms with van der Waals surface area (Å²) in [6.45, 7) is 6.69. The number of fused-ring (bicyclic) bond motifs is 2. The minimum Gasteiger partial charge on any atom is -0.330 e. The number of anilines is 1. The molecule has 3 heterocycles. The summed E-state index contributed by atoms with van der Waals surface area (Å²) < 4.78 is 3.59. The standard InChI is InChI=1S/C22H26N4O2/c1-14-8-9-15(2)17(11-14)24-20(27)13-26-16(3)12-18-21(26)22(28)25-10-6-4-5-7-19(25)23-18/h8-9,11-12H,4-7,10,13H2,1-3H3,(H,24,27). The fraction of sp³-hybridized carbons (Fsp3) is 0.409. The van der Waals surface area contributed by atoms with Gasteiger partial charge in [0.05, 0.1) is 5.52 Å². The second-order valence-electron chi connectivity index (χ2n) is 7.77. The first kappa shape index (κ1) is 18.5. The van der Waals surface area contributed by atoms with Crippen LogP contribution in [0.15, 0.2) is 29.1 Å². The summed E-state index contributed by atoms with van der Waals surface area (Å²) in [5.41, 5.74) is 4.97. The van der Waals surface area contributed by atoms with Crippen molar-refractivity contribution in [1.29, 1.82) is 0 Å². The van der Waals surface area contributed by atoms with Gasteiger partial charge in [0.25, 0.3) is 5.56 Å². The normalized spacial score (nSPS) is 14.0. The van der Waals surface area contributed by atoms with Gasteiger partial charge in [0.15, 0.2) is 0 Å². The van der Waals surface area contributed by atoms with Crippen LogP contribution in [0.4, 0.5) is 5.69 Å². The number of hydrogen-bond acceptors (Lipinski definition) is 3. The fourth-order valence-corrected chi connectivity index (χ4v) is 3.97. The molecule has 0 atom stereocenters. The lowest BCUT2D eigenvalue weighted by Crippen LogP contribution is -2.28. The van der Waals surface area contributed by atoms with E-state index in [1.165, 1.54) is 0 Å². The maximum absolute atomic E-state index is 13.2. The first-order valence-electron chi connectivity index (χ1n) is 9.90. The molecule has 6 nitrogen and oxygen atoms in total. The van der Waals surface area contributed by atoms with Crippen molar-refractivity contribution in [3.63, 3.8) is 0 Å². The Morgan fingerprint density at radius 1 is 1.14 bits per heavy atom. The molecule has 1 N–H and O–H groups in total. The second kappa shape index (κ2) is 7.26. The molecule has 1 aliphatic heterocycles. The highest BCUT2D eigenvalue weighted by Gasteiger charge is 2.19. The maximum atomic E-state index is 13.2. The molecule has 0 saturated carbocycles. The number of nitrogens with zero attached hydrogens (tertiary/aromatic N) is 3. The molecule has 0 spiro atoms. The van der Waals surface area contributed by atoms with Crippen molar-refractivity contribution in [1.82, 2.24) is 14.1 Å². The van der Waals surface area contributed by atoms with E-state index in [1.807, 2.05) is 45.0 Å². The van der Waals surface area contributed by atoms with Crippen LogP contribution in [0.1, 0.15) is 41.9 Å². The number of benzene rings is 1. The predicted octanol–water partition coefficient (Wildman–Crippen LogP) is 3.49. The SMILES string of the molecule is Cc1ccc(C)c(NC(=O)Cn2c(C)cc3nc4n(c(=O)c32)CCCCC4)c1. The molecule has 0 fully saturated rings. The number of rotatable bonds is 3. The third-order valence-corrected chi connectivity index (χ3v) is 5.54. The average Bonchev–Trinajstić information content (AvgIpc) is 2.82. The molecule has 0 saturated heterocycles. The molecule has 1 amide bonds. The molecule has 6 heteroatoms. The highest BCUT2D eigenvalue weighted by atomic mass is 16.2. The topological polar surface area (TPSA) is 68.9 Å². The molecule has 0 bridgehead atoms. The van der Waals surface area contributed by atoms with Crippen LogP contribution in [-0.4, -0.2) is 20.0 Å². The van der Waals surface area contributed by atoms with Crippen LogP contribution in [0.25, 0.3) is 11.0 Å². The molecule has 146 valence electrons. The molecule has 3 aromatic rings. The van der Waals surface area contributed by atoms with Crippen LogP contribution in [0.2, 0.25) is 0 Å². The van der Waals surface area contributed by atoms with E-state index >= 15 is 0 Å². The lowest BCUT2D eigenvalue weighted by Gasteiger charge is -2.13. The van der Waals surface area contributed by atoms with E-state index in [4.69, 9.17) is 4.98 Å². The largest absolute Gasteiger partial charge is 0.330 e.